The molecule has 0 atom stereocenters. The number of nitrogens with two attached hydrogens (primary N) is 1. The predicted octanol–water partition coefficient (Wildman–Crippen LogP) is 1.90. The summed E-state index contributed by atoms with van der Waals surface area (Å²) in [7, 11) is 3.68. The van der Waals surface area contributed by atoms with E-state index in [2.05, 4.69) is 16.1 Å². The molecule has 2 aromatic rings. The van der Waals surface area contributed by atoms with Crippen LogP contribution >= 0.6 is 0 Å². The summed E-state index contributed by atoms with van der Waals surface area (Å²) in [5.41, 5.74) is 6.69. The number of aromatic nitrogens is 1. The van der Waals surface area contributed by atoms with Crippen LogP contribution in [-0.2, 0) is 13.1 Å². The lowest BCUT2D eigenvalue weighted by Crippen LogP contribution is -2.16. The first-order valence-electron chi connectivity index (χ1n) is 5.70. The minimum atomic E-state index is 0.416. The number of anilines is 1. The number of hydrogen-bond acceptors (Lipinski definition) is 5. The van der Waals surface area contributed by atoms with Crippen LogP contribution in [0.1, 0.15) is 11.3 Å². The van der Waals surface area contributed by atoms with Gasteiger partial charge in [-0.25, -0.2) is 0 Å². The highest BCUT2D eigenvalue weighted by molar-refractivity contribution is 5.28. The van der Waals surface area contributed by atoms with Gasteiger partial charge in [0.05, 0.1) is 13.7 Å². The Labute approximate surface area is 106 Å². The molecule has 0 aliphatic rings. The molecule has 0 aliphatic carbocycles. The average Bonchev–Trinajstić information content (AvgIpc) is 2.74. The summed E-state index contributed by atoms with van der Waals surface area (Å²) in [5.74, 6) is 2.04. The number of nitrogens with zero attached hydrogens (tertiary/aromatic N) is 2. The van der Waals surface area contributed by atoms with Gasteiger partial charge in [-0.05, 0) is 24.7 Å². The topological polar surface area (TPSA) is 64.5 Å². The minimum Gasteiger partial charge on any atom is -0.497 e. The fourth-order valence-corrected chi connectivity index (χ4v) is 1.81. The molecule has 0 saturated carbocycles. The quantitative estimate of drug-likeness (QED) is 0.874. The van der Waals surface area contributed by atoms with E-state index in [1.54, 1.807) is 13.2 Å². The van der Waals surface area contributed by atoms with E-state index in [9.17, 15) is 0 Å². The number of rotatable bonds is 5. The van der Waals surface area contributed by atoms with E-state index in [-0.39, 0.29) is 0 Å². The molecule has 5 nitrogen and oxygen atoms in total. The monoisotopic (exact) mass is 247 g/mol. The van der Waals surface area contributed by atoms with Gasteiger partial charge in [0.25, 0.3) is 0 Å². The van der Waals surface area contributed by atoms with Gasteiger partial charge >= 0.3 is 0 Å². The van der Waals surface area contributed by atoms with E-state index in [1.165, 1.54) is 5.56 Å². The molecule has 1 aromatic carbocycles. The van der Waals surface area contributed by atoms with Crippen molar-refractivity contribution in [3.05, 3.63) is 41.7 Å². The number of benzene rings is 1. The Kier molecular flexibility index (Phi) is 3.84. The van der Waals surface area contributed by atoms with Crippen LogP contribution in [0.25, 0.3) is 0 Å². The Morgan fingerprint density at radius 1 is 1.33 bits per heavy atom. The van der Waals surface area contributed by atoms with Crippen LogP contribution in [0, 0.1) is 0 Å². The number of methoxy groups -OCH3 is 1. The fraction of sp³-hybridized carbons (Fsp3) is 0.308. The van der Waals surface area contributed by atoms with E-state index >= 15 is 0 Å². The van der Waals surface area contributed by atoms with Gasteiger partial charge in [0.2, 0.25) is 0 Å². The molecule has 1 heterocycles. The Hall–Kier alpha value is -2.01. The molecule has 0 bridgehead atoms. The molecular formula is C13H17N3O2. The summed E-state index contributed by atoms with van der Waals surface area (Å²) in [6, 6.07) is 9.73. The summed E-state index contributed by atoms with van der Waals surface area (Å²) in [6.07, 6.45) is 0. The van der Waals surface area contributed by atoms with Crippen LogP contribution < -0.4 is 10.5 Å². The van der Waals surface area contributed by atoms with Crippen LogP contribution in [-0.4, -0.2) is 24.2 Å². The minimum absolute atomic E-state index is 0.416. The maximum atomic E-state index is 5.50. The Morgan fingerprint density at radius 2 is 2.17 bits per heavy atom. The first kappa shape index (κ1) is 12.4. The second kappa shape index (κ2) is 5.55. The zero-order chi connectivity index (χ0) is 13.0. The molecule has 0 amide bonds. The van der Waals surface area contributed by atoms with Crippen molar-refractivity contribution in [2.75, 3.05) is 19.9 Å². The number of hydrogen-bond donors (Lipinski definition) is 1. The third-order valence-corrected chi connectivity index (χ3v) is 2.59. The van der Waals surface area contributed by atoms with Gasteiger partial charge in [-0.1, -0.05) is 17.3 Å². The maximum Gasteiger partial charge on any atom is 0.167 e. The highest BCUT2D eigenvalue weighted by Crippen LogP contribution is 2.15. The molecule has 1 aromatic heterocycles. The van der Waals surface area contributed by atoms with Crippen molar-refractivity contribution < 1.29 is 9.26 Å². The summed E-state index contributed by atoms with van der Waals surface area (Å²) in [5, 5.41) is 3.66. The third kappa shape index (κ3) is 3.24. The smallest absolute Gasteiger partial charge is 0.167 e. The Bertz CT molecular complexity index is 510. The lowest BCUT2D eigenvalue weighted by atomic mass is 10.2. The largest absolute Gasteiger partial charge is 0.497 e. The van der Waals surface area contributed by atoms with E-state index in [0.29, 0.717) is 12.4 Å². The highest BCUT2D eigenvalue weighted by Gasteiger charge is 2.06. The van der Waals surface area contributed by atoms with Gasteiger partial charge in [0.15, 0.2) is 11.6 Å². The van der Waals surface area contributed by atoms with Crippen LogP contribution in [0.3, 0.4) is 0 Å². The van der Waals surface area contributed by atoms with Crippen molar-refractivity contribution in [2.45, 2.75) is 13.1 Å². The molecule has 18 heavy (non-hydrogen) atoms. The van der Waals surface area contributed by atoms with Crippen LogP contribution in [0.15, 0.2) is 34.9 Å². The first-order valence-corrected chi connectivity index (χ1v) is 5.70. The van der Waals surface area contributed by atoms with E-state index in [1.807, 2.05) is 25.2 Å². The van der Waals surface area contributed by atoms with Gasteiger partial charge < -0.3 is 15.0 Å². The van der Waals surface area contributed by atoms with Crippen LogP contribution in [0.4, 0.5) is 5.82 Å². The van der Waals surface area contributed by atoms with Crippen molar-refractivity contribution in [3.63, 3.8) is 0 Å². The average molecular weight is 247 g/mol. The lowest BCUT2D eigenvalue weighted by molar-refractivity contribution is 0.267. The fourth-order valence-electron chi connectivity index (χ4n) is 1.81. The molecule has 0 radical (unpaired) electrons. The van der Waals surface area contributed by atoms with Crippen molar-refractivity contribution in [1.82, 2.24) is 10.1 Å². The summed E-state index contributed by atoms with van der Waals surface area (Å²) >= 11 is 0. The van der Waals surface area contributed by atoms with Crippen molar-refractivity contribution in [1.29, 1.82) is 0 Å². The third-order valence-electron chi connectivity index (χ3n) is 2.59. The van der Waals surface area contributed by atoms with E-state index in [4.69, 9.17) is 15.0 Å². The van der Waals surface area contributed by atoms with E-state index < -0.39 is 0 Å². The molecule has 0 aliphatic heterocycles. The standard InChI is InChI=1S/C13H17N3O2/c1-16(9-12-7-13(14)15-18-12)8-10-4-3-5-11(6-10)17-2/h3-7H,8-9H2,1-2H3,(H2,14,15). The summed E-state index contributed by atoms with van der Waals surface area (Å²) in [4.78, 5) is 2.12. The van der Waals surface area contributed by atoms with Gasteiger partial charge in [-0.3, -0.25) is 4.90 Å². The zero-order valence-electron chi connectivity index (χ0n) is 10.6. The number of nitrogen functional groups attached to an aromatic ring is 1. The highest BCUT2D eigenvalue weighted by atomic mass is 16.5. The summed E-state index contributed by atoms with van der Waals surface area (Å²) in [6.45, 7) is 1.47. The molecule has 0 unspecified atom stereocenters. The molecule has 0 saturated heterocycles. The van der Waals surface area contributed by atoms with Crippen molar-refractivity contribution >= 4 is 5.82 Å². The Balaban J connectivity index is 1.96. The van der Waals surface area contributed by atoms with Crippen LogP contribution in [0.5, 0.6) is 5.75 Å². The van der Waals surface area contributed by atoms with E-state index in [0.717, 1.165) is 18.1 Å². The maximum absolute atomic E-state index is 5.50. The molecule has 2 N–H and O–H groups in total. The summed E-state index contributed by atoms with van der Waals surface area (Å²) < 4.78 is 10.3. The number of ether oxygens (including phenoxy) is 1. The molecule has 2 rings (SSSR count). The normalized spacial score (nSPS) is 10.8. The second-order valence-corrected chi connectivity index (χ2v) is 4.24. The zero-order valence-corrected chi connectivity index (χ0v) is 10.6. The molecule has 0 spiro atoms. The van der Waals surface area contributed by atoms with Gasteiger partial charge in [-0.15, -0.1) is 0 Å². The molecule has 5 heteroatoms. The molecule has 96 valence electrons. The van der Waals surface area contributed by atoms with Gasteiger partial charge in [0, 0.05) is 12.6 Å². The molecule has 0 fully saturated rings. The van der Waals surface area contributed by atoms with Gasteiger partial charge in [0.1, 0.15) is 5.75 Å². The predicted molar refractivity (Wildman–Crippen MR) is 69.1 cm³/mol. The van der Waals surface area contributed by atoms with Crippen molar-refractivity contribution in [2.24, 2.45) is 0 Å². The van der Waals surface area contributed by atoms with Crippen molar-refractivity contribution in [3.8, 4) is 5.75 Å². The Morgan fingerprint density at radius 3 is 2.83 bits per heavy atom. The second-order valence-electron chi connectivity index (χ2n) is 4.24. The van der Waals surface area contributed by atoms with Crippen LogP contribution in [0.2, 0.25) is 0 Å². The first-order chi connectivity index (χ1) is 8.67. The lowest BCUT2D eigenvalue weighted by Gasteiger charge is -2.15. The SMILES string of the molecule is COc1cccc(CN(C)Cc2cc(N)no2)c1. The molecular weight excluding hydrogens is 230 g/mol. The van der Waals surface area contributed by atoms with Gasteiger partial charge in [-0.2, -0.15) is 0 Å².